The van der Waals surface area contributed by atoms with E-state index in [2.05, 4.69) is 0 Å². The molecule has 27 heavy (non-hydrogen) atoms. The Labute approximate surface area is 152 Å². The van der Waals surface area contributed by atoms with Crippen LogP contribution in [0.5, 0.6) is 0 Å². The van der Waals surface area contributed by atoms with Crippen molar-refractivity contribution < 1.29 is 40.3 Å². The number of carbonyl (C=O) groups excluding carboxylic acids is 1. The fraction of sp³-hybridized carbons (Fsp3) is 0.533. The zero-order valence-corrected chi connectivity index (χ0v) is 14.9. The SMILES string of the molecule is C[C@@](O)(CC(=O)N1CCN(S(=O)(=O)c2c(F)cccc2F)CC1)C(F)(F)F. The second-order valence-electron chi connectivity index (χ2n) is 6.28. The third kappa shape index (κ3) is 4.38. The maximum Gasteiger partial charge on any atom is 0.417 e. The first-order valence-corrected chi connectivity index (χ1v) is 9.22. The molecule has 0 aliphatic carbocycles. The van der Waals surface area contributed by atoms with Crippen molar-refractivity contribution in [1.29, 1.82) is 0 Å². The zero-order chi connectivity index (χ0) is 20.6. The van der Waals surface area contributed by atoms with Crippen LogP contribution in [0, 0.1) is 11.6 Å². The fourth-order valence-corrected chi connectivity index (χ4v) is 4.07. The molecule has 1 aliphatic rings. The zero-order valence-electron chi connectivity index (χ0n) is 14.1. The Morgan fingerprint density at radius 3 is 2.04 bits per heavy atom. The van der Waals surface area contributed by atoms with E-state index in [9.17, 15) is 40.3 Å². The smallest absolute Gasteiger partial charge is 0.380 e. The average Bonchev–Trinajstić information content (AvgIpc) is 2.53. The monoisotopic (exact) mass is 416 g/mol. The molecule has 0 bridgehead atoms. The summed E-state index contributed by atoms with van der Waals surface area (Å²) < 4.78 is 91.1. The third-order valence-corrected chi connectivity index (χ3v) is 6.17. The van der Waals surface area contributed by atoms with Crippen LogP contribution in [-0.4, -0.2) is 66.6 Å². The quantitative estimate of drug-likeness (QED) is 0.755. The van der Waals surface area contributed by atoms with Crippen LogP contribution in [0.25, 0.3) is 0 Å². The number of piperazine rings is 1. The van der Waals surface area contributed by atoms with Crippen molar-refractivity contribution in [2.75, 3.05) is 26.2 Å². The first-order valence-electron chi connectivity index (χ1n) is 7.78. The van der Waals surface area contributed by atoms with Crippen LogP contribution in [-0.2, 0) is 14.8 Å². The van der Waals surface area contributed by atoms with Crippen LogP contribution >= 0.6 is 0 Å². The second kappa shape index (κ2) is 7.32. The van der Waals surface area contributed by atoms with Crippen LogP contribution in [0.1, 0.15) is 13.3 Å². The summed E-state index contributed by atoms with van der Waals surface area (Å²) in [7, 11) is -4.51. The van der Waals surface area contributed by atoms with Gasteiger partial charge >= 0.3 is 6.18 Å². The van der Waals surface area contributed by atoms with E-state index in [0.717, 1.165) is 27.4 Å². The summed E-state index contributed by atoms with van der Waals surface area (Å²) in [4.78, 5) is 11.8. The summed E-state index contributed by atoms with van der Waals surface area (Å²) in [6, 6.07) is 2.58. The van der Waals surface area contributed by atoms with Gasteiger partial charge in [0.25, 0.3) is 0 Å². The average molecular weight is 416 g/mol. The lowest BCUT2D eigenvalue weighted by Gasteiger charge is -2.35. The van der Waals surface area contributed by atoms with Gasteiger partial charge in [-0.3, -0.25) is 4.79 Å². The van der Waals surface area contributed by atoms with E-state index in [0.29, 0.717) is 6.92 Å². The predicted octanol–water partition coefficient (Wildman–Crippen LogP) is 1.50. The summed E-state index contributed by atoms with van der Waals surface area (Å²) in [6.07, 6.45) is -6.22. The lowest BCUT2D eigenvalue weighted by molar-refractivity contribution is -0.254. The van der Waals surface area contributed by atoms with Crippen molar-refractivity contribution in [3.8, 4) is 0 Å². The summed E-state index contributed by atoms with van der Waals surface area (Å²) in [5, 5.41) is 9.38. The molecule has 0 unspecified atom stereocenters. The van der Waals surface area contributed by atoms with Gasteiger partial charge in [-0.2, -0.15) is 17.5 Å². The number of nitrogens with zero attached hydrogens (tertiary/aromatic N) is 2. The second-order valence-corrected chi connectivity index (χ2v) is 8.16. The normalized spacial score (nSPS) is 19.0. The molecule has 1 saturated heterocycles. The number of aliphatic hydroxyl groups is 1. The first-order chi connectivity index (χ1) is 12.3. The summed E-state index contributed by atoms with van der Waals surface area (Å²) in [5.41, 5.74) is -3.22. The molecule has 1 aromatic rings. The van der Waals surface area contributed by atoms with Crippen LogP contribution in [0.15, 0.2) is 23.1 Å². The third-order valence-electron chi connectivity index (χ3n) is 4.21. The van der Waals surface area contributed by atoms with Crippen LogP contribution in [0.4, 0.5) is 22.0 Å². The number of rotatable bonds is 4. The number of hydrogen-bond acceptors (Lipinski definition) is 4. The molecular weight excluding hydrogens is 399 g/mol. The van der Waals surface area contributed by atoms with Crippen molar-refractivity contribution in [2.24, 2.45) is 0 Å². The maximum absolute atomic E-state index is 13.8. The van der Waals surface area contributed by atoms with Crippen LogP contribution in [0.3, 0.4) is 0 Å². The molecule has 0 aromatic heterocycles. The Morgan fingerprint density at radius 1 is 1.11 bits per heavy atom. The van der Waals surface area contributed by atoms with Gasteiger partial charge in [0.05, 0.1) is 6.42 Å². The van der Waals surface area contributed by atoms with Gasteiger partial charge < -0.3 is 10.0 Å². The minimum Gasteiger partial charge on any atom is -0.380 e. The first kappa shape index (κ1) is 21.5. The molecule has 1 fully saturated rings. The number of sulfonamides is 1. The Bertz CT molecular complexity index is 798. The Morgan fingerprint density at radius 2 is 1.59 bits per heavy atom. The molecule has 1 heterocycles. The van der Waals surface area contributed by atoms with E-state index in [4.69, 9.17) is 0 Å². The van der Waals surface area contributed by atoms with Gasteiger partial charge in [0.15, 0.2) is 10.5 Å². The maximum atomic E-state index is 13.8. The van der Waals surface area contributed by atoms with Crippen LogP contribution in [0.2, 0.25) is 0 Å². The highest BCUT2D eigenvalue weighted by Gasteiger charge is 2.51. The van der Waals surface area contributed by atoms with Gasteiger partial charge in [-0.05, 0) is 19.1 Å². The minimum absolute atomic E-state index is 0.276. The molecule has 0 spiro atoms. The van der Waals surface area contributed by atoms with E-state index in [1.165, 1.54) is 0 Å². The molecule has 1 aliphatic heterocycles. The molecule has 6 nitrogen and oxygen atoms in total. The van der Waals surface area contributed by atoms with E-state index < -0.39 is 50.7 Å². The summed E-state index contributed by atoms with van der Waals surface area (Å²) >= 11 is 0. The van der Waals surface area contributed by atoms with Crippen molar-refractivity contribution in [1.82, 2.24) is 9.21 Å². The standard InChI is InChI=1S/C15H17F5N2O4S/c1-14(24,15(18,19)20)9-12(23)21-5-7-22(8-6-21)27(25,26)13-10(16)3-2-4-11(13)17/h2-4,24H,5-9H2,1H3/t14-/m1/s1. The lowest BCUT2D eigenvalue weighted by atomic mass is 10.0. The number of hydrogen-bond donors (Lipinski definition) is 1. The van der Waals surface area contributed by atoms with E-state index in [1.54, 1.807) is 0 Å². The number of carbonyl (C=O) groups is 1. The molecule has 0 radical (unpaired) electrons. The topological polar surface area (TPSA) is 77.9 Å². The summed E-state index contributed by atoms with van der Waals surface area (Å²) in [6.45, 7) is -0.789. The highest BCUT2D eigenvalue weighted by atomic mass is 32.2. The molecule has 152 valence electrons. The van der Waals surface area contributed by atoms with Crippen molar-refractivity contribution in [2.45, 2.75) is 30.0 Å². The molecule has 1 amide bonds. The Balaban J connectivity index is 2.08. The number of halogens is 5. The molecule has 1 atom stereocenters. The molecule has 1 N–H and O–H groups in total. The largest absolute Gasteiger partial charge is 0.417 e. The van der Waals surface area contributed by atoms with Gasteiger partial charge in [0, 0.05) is 26.2 Å². The minimum atomic E-state index is -5.00. The Kier molecular flexibility index (Phi) is 5.83. The van der Waals surface area contributed by atoms with E-state index >= 15 is 0 Å². The predicted molar refractivity (Wildman–Crippen MR) is 83.0 cm³/mol. The molecular formula is C15H17F5N2O4S. The lowest BCUT2D eigenvalue weighted by Crippen LogP contribution is -2.53. The van der Waals surface area contributed by atoms with Gasteiger partial charge in [-0.1, -0.05) is 6.07 Å². The number of benzene rings is 1. The highest BCUT2D eigenvalue weighted by Crippen LogP contribution is 2.33. The van der Waals surface area contributed by atoms with E-state index in [1.807, 2.05) is 0 Å². The van der Waals surface area contributed by atoms with Crippen molar-refractivity contribution in [3.63, 3.8) is 0 Å². The van der Waals surface area contributed by atoms with Crippen molar-refractivity contribution >= 4 is 15.9 Å². The van der Waals surface area contributed by atoms with Gasteiger partial charge in [-0.25, -0.2) is 17.2 Å². The molecule has 12 heteroatoms. The van der Waals surface area contributed by atoms with Gasteiger partial charge in [0.1, 0.15) is 11.6 Å². The Hall–Kier alpha value is -1.79. The number of amides is 1. The fourth-order valence-electron chi connectivity index (χ4n) is 2.54. The van der Waals surface area contributed by atoms with Crippen LogP contribution < -0.4 is 0 Å². The molecule has 2 rings (SSSR count). The van der Waals surface area contributed by atoms with Gasteiger partial charge in [0.2, 0.25) is 15.9 Å². The summed E-state index contributed by atoms with van der Waals surface area (Å²) in [5.74, 6) is -3.55. The number of alkyl halides is 3. The molecule has 0 saturated carbocycles. The highest BCUT2D eigenvalue weighted by molar-refractivity contribution is 7.89. The van der Waals surface area contributed by atoms with E-state index in [-0.39, 0.29) is 26.2 Å². The van der Waals surface area contributed by atoms with Crippen molar-refractivity contribution in [3.05, 3.63) is 29.8 Å². The molecule has 1 aromatic carbocycles. The van der Waals surface area contributed by atoms with Gasteiger partial charge in [-0.15, -0.1) is 0 Å².